The average molecular weight is 440 g/mol. The van der Waals surface area contributed by atoms with Gasteiger partial charge in [0.1, 0.15) is 5.57 Å². The lowest BCUT2D eigenvalue weighted by atomic mass is 9.85. The molecule has 0 aromatic heterocycles. The van der Waals surface area contributed by atoms with Crippen molar-refractivity contribution in [3.8, 4) is 0 Å². The van der Waals surface area contributed by atoms with E-state index in [0.717, 1.165) is 16.7 Å². The van der Waals surface area contributed by atoms with Crippen LogP contribution in [-0.4, -0.2) is 51.4 Å². The Balaban J connectivity index is 2.16. The number of anilines is 1. The van der Waals surface area contributed by atoms with Gasteiger partial charge in [-0.05, 0) is 103 Å². The summed E-state index contributed by atoms with van der Waals surface area (Å²) < 4.78 is 0. The molecule has 2 heterocycles. The van der Waals surface area contributed by atoms with Crippen LogP contribution in [-0.2, 0) is 9.59 Å². The highest BCUT2D eigenvalue weighted by Crippen LogP contribution is 2.42. The molecule has 0 unspecified atom stereocenters. The van der Waals surface area contributed by atoms with E-state index in [-0.39, 0.29) is 28.0 Å². The molecule has 1 fully saturated rings. The zero-order valence-corrected chi connectivity index (χ0v) is 20.7. The molecule has 0 atom stereocenters. The van der Waals surface area contributed by atoms with Gasteiger partial charge in [0.25, 0.3) is 11.8 Å². The maximum absolute atomic E-state index is 13.0. The van der Waals surface area contributed by atoms with E-state index < -0.39 is 0 Å². The molecule has 0 aliphatic carbocycles. The van der Waals surface area contributed by atoms with Gasteiger partial charge in [0.05, 0.1) is 5.54 Å². The molecule has 1 aromatic carbocycles. The summed E-state index contributed by atoms with van der Waals surface area (Å²) in [6.07, 6.45) is 4.02. The third kappa shape index (κ3) is 3.82. The average Bonchev–Trinajstić information content (AvgIpc) is 2.65. The Hall–Kier alpha value is -2.47. The van der Waals surface area contributed by atoms with Crippen LogP contribution in [0.1, 0.15) is 65.2 Å². The van der Waals surface area contributed by atoms with Crippen molar-refractivity contribution in [2.24, 2.45) is 0 Å². The zero-order chi connectivity index (χ0) is 23.2. The number of carbonyl (C=O) groups excluding carboxylic acids is 2. The molecule has 1 saturated heterocycles. The zero-order valence-electron chi connectivity index (χ0n) is 19.9. The molecular formula is C25H33N3O2S. The molecule has 1 aromatic rings. The number of rotatable bonds is 4. The van der Waals surface area contributed by atoms with Gasteiger partial charge in [-0.2, -0.15) is 0 Å². The summed E-state index contributed by atoms with van der Waals surface area (Å²) in [6.45, 7) is 17.6. The van der Waals surface area contributed by atoms with Crippen molar-refractivity contribution in [3.63, 3.8) is 0 Å². The van der Waals surface area contributed by atoms with Gasteiger partial charge in [0, 0.05) is 30.4 Å². The molecule has 166 valence electrons. The number of carbonyl (C=O) groups is 2. The van der Waals surface area contributed by atoms with E-state index >= 15 is 0 Å². The summed E-state index contributed by atoms with van der Waals surface area (Å²) in [5.41, 5.74) is 5.51. The van der Waals surface area contributed by atoms with E-state index in [2.05, 4.69) is 57.7 Å². The lowest BCUT2D eigenvalue weighted by Gasteiger charge is -2.46. The fourth-order valence-corrected chi connectivity index (χ4v) is 5.27. The standard InChI is InChI=1S/C25H33N3O2S/c1-9-26-22(29)20(23(30)27(10-2)24(26)31)13-18-12-19-17(6)14-25(7,8)28(15(3)4)21(19)11-16(18)5/h11-15H,9-10H2,1-8H3. The summed E-state index contributed by atoms with van der Waals surface area (Å²) in [5.74, 6) is -0.645. The smallest absolute Gasteiger partial charge is 0.265 e. The molecule has 2 amide bonds. The normalized spacial score (nSPS) is 18.6. The molecule has 31 heavy (non-hydrogen) atoms. The molecule has 0 radical (unpaired) electrons. The van der Waals surface area contributed by atoms with Crippen LogP contribution in [0.2, 0.25) is 0 Å². The van der Waals surface area contributed by atoms with Crippen molar-refractivity contribution < 1.29 is 9.59 Å². The number of aryl methyl sites for hydroxylation is 1. The summed E-state index contributed by atoms with van der Waals surface area (Å²) in [5, 5.41) is 0.285. The van der Waals surface area contributed by atoms with Gasteiger partial charge in [-0.3, -0.25) is 19.4 Å². The second-order valence-electron chi connectivity index (χ2n) is 9.11. The molecule has 0 N–H and O–H groups in total. The van der Waals surface area contributed by atoms with E-state index in [1.165, 1.54) is 21.1 Å². The molecule has 2 aliphatic heterocycles. The minimum atomic E-state index is -0.323. The van der Waals surface area contributed by atoms with Gasteiger partial charge in [-0.25, -0.2) is 0 Å². The number of allylic oxidation sites excluding steroid dienone is 1. The highest BCUT2D eigenvalue weighted by atomic mass is 32.1. The van der Waals surface area contributed by atoms with Crippen LogP contribution in [0.4, 0.5) is 5.69 Å². The van der Waals surface area contributed by atoms with Crippen molar-refractivity contribution in [2.75, 3.05) is 18.0 Å². The lowest BCUT2D eigenvalue weighted by molar-refractivity contribution is -0.133. The first-order chi connectivity index (χ1) is 14.4. The third-order valence-electron chi connectivity index (χ3n) is 6.12. The minimum Gasteiger partial charge on any atom is -0.360 e. The van der Waals surface area contributed by atoms with Crippen LogP contribution < -0.4 is 4.90 Å². The van der Waals surface area contributed by atoms with Crippen LogP contribution in [0.3, 0.4) is 0 Å². The summed E-state index contributed by atoms with van der Waals surface area (Å²) in [6, 6.07) is 4.62. The van der Waals surface area contributed by atoms with Crippen molar-refractivity contribution in [3.05, 3.63) is 40.5 Å². The quantitative estimate of drug-likeness (QED) is 0.385. The van der Waals surface area contributed by atoms with Crippen LogP contribution in [0, 0.1) is 6.92 Å². The van der Waals surface area contributed by atoms with E-state index in [1.807, 2.05) is 20.8 Å². The number of fused-ring (bicyclic) bond motifs is 1. The molecule has 6 heteroatoms. The van der Waals surface area contributed by atoms with Crippen LogP contribution in [0.5, 0.6) is 0 Å². The van der Waals surface area contributed by atoms with Crippen molar-refractivity contribution in [2.45, 2.75) is 67.0 Å². The van der Waals surface area contributed by atoms with Gasteiger partial charge in [0.2, 0.25) is 0 Å². The molecule has 0 spiro atoms. The Morgan fingerprint density at radius 1 is 1.03 bits per heavy atom. The molecule has 5 nitrogen and oxygen atoms in total. The van der Waals surface area contributed by atoms with Crippen molar-refractivity contribution in [1.29, 1.82) is 0 Å². The largest absolute Gasteiger partial charge is 0.360 e. The Kier molecular flexibility index (Phi) is 6.16. The molecule has 2 aliphatic rings. The van der Waals surface area contributed by atoms with Gasteiger partial charge >= 0.3 is 0 Å². The lowest BCUT2D eigenvalue weighted by Crippen LogP contribution is -2.55. The number of amides is 2. The van der Waals surface area contributed by atoms with Crippen LogP contribution in [0.15, 0.2) is 23.8 Å². The number of likely N-dealkylation sites (N-methyl/N-ethyl adjacent to an activating group) is 2. The topological polar surface area (TPSA) is 43.9 Å². The highest BCUT2D eigenvalue weighted by molar-refractivity contribution is 7.80. The van der Waals surface area contributed by atoms with Gasteiger partial charge in [-0.15, -0.1) is 0 Å². The first-order valence-corrected chi connectivity index (χ1v) is 11.4. The third-order valence-corrected chi connectivity index (χ3v) is 6.56. The predicted molar refractivity (Wildman–Crippen MR) is 132 cm³/mol. The second-order valence-corrected chi connectivity index (χ2v) is 9.48. The minimum absolute atomic E-state index is 0.0913. The second kappa shape index (κ2) is 8.23. The number of thiocarbonyl (C=S) groups is 1. The summed E-state index contributed by atoms with van der Waals surface area (Å²) >= 11 is 5.37. The molecule has 3 rings (SSSR count). The van der Waals surface area contributed by atoms with Gasteiger partial charge in [-0.1, -0.05) is 6.08 Å². The molecule has 0 bridgehead atoms. The summed E-state index contributed by atoms with van der Waals surface area (Å²) in [4.78, 5) is 31.5. The van der Waals surface area contributed by atoms with Crippen molar-refractivity contribution in [1.82, 2.24) is 9.80 Å². The highest BCUT2D eigenvalue weighted by Gasteiger charge is 2.38. The van der Waals surface area contributed by atoms with E-state index in [4.69, 9.17) is 12.2 Å². The molecular weight excluding hydrogens is 406 g/mol. The van der Waals surface area contributed by atoms with E-state index in [1.54, 1.807) is 6.08 Å². The van der Waals surface area contributed by atoms with E-state index in [0.29, 0.717) is 19.1 Å². The summed E-state index contributed by atoms with van der Waals surface area (Å²) in [7, 11) is 0. The fraction of sp³-hybridized carbons (Fsp3) is 0.480. The van der Waals surface area contributed by atoms with Gasteiger partial charge in [0.15, 0.2) is 5.11 Å². The first-order valence-electron chi connectivity index (χ1n) is 11.0. The Morgan fingerprint density at radius 3 is 2.06 bits per heavy atom. The number of hydrogen-bond acceptors (Lipinski definition) is 4. The fourth-order valence-electron chi connectivity index (χ4n) is 4.85. The van der Waals surface area contributed by atoms with Gasteiger partial charge < -0.3 is 4.90 Å². The van der Waals surface area contributed by atoms with Crippen LogP contribution in [0.25, 0.3) is 11.6 Å². The number of nitrogens with zero attached hydrogens (tertiary/aromatic N) is 3. The number of hydrogen-bond donors (Lipinski definition) is 0. The van der Waals surface area contributed by atoms with Crippen LogP contribution >= 0.6 is 12.2 Å². The SMILES string of the molecule is CCN1C(=O)C(=Cc2cc3c(cc2C)N(C(C)C)C(C)(C)C=C3C)C(=O)N(CC)C1=S. The van der Waals surface area contributed by atoms with Crippen molar-refractivity contribution >= 4 is 46.5 Å². The maximum atomic E-state index is 13.0. The molecule has 0 saturated carbocycles. The monoisotopic (exact) mass is 439 g/mol. The Bertz CT molecular complexity index is 992. The Morgan fingerprint density at radius 2 is 1.58 bits per heavy atom. The van der Waals surface area contributed by atoms with E-state index in [9.17, 15) is 9.59 Å². The maximum Gasteiger partial charge on any atom is 0.265 e. The number of benzene rings is 1. The first kappa shape index (κ1) is 23.2. The Labute approximate surface area is 191 Å². The predicted octanol–water partition coefficient (Wildman–Crippen LogP) is 4.78.